The molecule has 1 aromatic heterocycles. The lowest BCUT2D eigenvalue weighted by atomic mass is 9.94. The van der Waals surface area contributed by atoms with E-state index < -0.39 is 6.10 Å². The van der Waals surface area contributed by atoms with E-state index in [2.05, 4.69) is 64.8 Å². The van der Waals surface area contributed by atoms with Crippen LogP contribution in [0.1, 0.15) is 91.8 Å². The number of aliphatic imine (C=N–C) groups is 3. The third-order valence-corrected chi connectivity index (χ3v) is 8.59. The lowest BCUT2D eigenvalue weighted by Gasteiger charge is -2.11. The molecule has 6 nitrogen and oxygen atoms in total. The number of aliphatic hydroxyl groups is 2. The number of fused-ring (bicyclic) bond motifs is 5. The zero-order valence-electron chi connectivity index (χ0n) is 25.4. The van der Waals surface area contributed by atoms with Crippen molar-refractivity contribution in [3.8, 4) is 0 Å². The van der Waals surface area contributed by atoms with Crippen molar-refractivity contribution in [1.82, 2.24) is 4.98 Å². The fourth-order valence-corrected chi connectivity index (χ4v) is 6.71. The van der Waals surface area contributed by atoms with Gasteiger partial charge in [0.15, 0.2) is 0 Å². The van der Waals surface area contributed by atoms with Gasteiger partial charge in [-0.05, 0) is 103 Å². The Kier molecular flexibility index (Phi) is 8.14. The monoisotopic (exact) mass is 550 g/mol. The molecule has 8 bridgehead atoms. The second-order valence-electron chi connectivity index (χ2n) is 10.8. The Morgan fingerprint density at radius 2 is 1.15 bits per heavy atom. The Morgan fingerprint density at radius 3 is 1.66 bits per heavy atom. The van der Waals surface area contributed by atoms with Crippen molar-refractivity contribution in [3.05, 3.63) is 84.5 Å². The molecule has 0 radical (unpaired) electrons. The molecule has 6 heteroatoms. The fraction of sp³-hybridized carbons (Fsp3) is 0.400. The van der Waals surface area contributed by atoms with Crippen molar-refractivity contribution < 1.29 is 10.2 Å². The van der Waals surface area contributed by atoms with Gasteiger partial charge in [-0.25, -0.2) is 15.0 Å². The van der Waals surface area contributed by atoms with Crippen LogP contribution in [0.25, 0.3) is 18.4 Å². The number of nitrogens with zero attached hydrogens (tertiary/aromatic N) is 3. The summed E-state index contributed by atoms with van der Waals surface area (Å²) in [7, 11) is 0. The lowest BCUT2D eigenvalue weighted by molar-refractivity contribution is 0.237. The molecular weight excluding hydrogens is 508 g/mol. The van der Waals surface area contributed by atoms with Gasteiger partial charge in [0, 0.05) is 16.5 Å². The topological polar surface area (TPSA) is 93.3 Å². The maximum absolute atomic E-state index is 10.9. The minimum atomic E-state index is -0.662. The van der Waals surface area contributed by atoms with Gasteiger partial charge in [-0.2, -0.15) is 0 Å². The SMILES string of the molecule is CCC1=C(CC)C2=NC1=Cc1[nH]c(/c(=C\O)c1CC)=CC1=NC(=CC3=NC(=C2)C(CC)=C3C(C)O)C(CC)=C1CC. The first-order chi connectivity index (χ1) is 19.8. The summed E-state index contributed by atoms with van der Waals surface area (Å²) in [5, 5.41) is 22.9. The highest BCUT2D eigenvalue weighted by atomic mass is 16.3. The van der Waals surface area contributed by atoms with E-state index in [0.29, 0.717) is 0 Å². The van der Waals surface area contributed by atoms with Gasteiger partial charge in [0.2, 0.25) is 0 Å². The Morgan fingerprint density at radius 1 is 0.659 bits per heavy atom. The molecular formula is C35H42N4O2. The maximum atomic E-state index is 10.9. The van der Waals surface area contributed by atoms with Crippen molar-refractivity contribution >= 4 is 35.5 Å². The summed E-state index contributed by atoms with van der Waals surface area (Å²) in [5.74, 6) is 0. The van der Waals surface area contributed by atoms with E-state index in [4.69, 9.17) is 15.0 Å². The zero-order chi connectivity index (χ0) is 29.4. The molecule has 0 aromatic carbocycles. The molecule has 0 amide bonds. The Bertz CT molecular complexity index is 1710. The van der Waals surface area contributed by atoms with Gasteiger partial charge in [-0.15, -0.1) is 0 Å². The van der Waals surface area contributed by atoms with Crippen LogP contribution in [0.2, 0.25) is 0 Å². The van der Waals surface area contributed by atoms with Gasteiger partial charge < -0.3 is 15.2 Å². The number of rotatable bonds is 7. The minimum Gasteiger partial charge on any atom is -0.515 e. The molecule has 0 spiro atoms. The van der Waals surface area contributed by atoms with Crippen LogP contribution in [0.5, 0.6) is 0 Å². The molecule has 0 aliphatic carbocycles. The maximum Gasteiger partial charge on any atom is 0.0888 e. The first kappa shape index (κ1) is 28.7. The molecule has 0 fully saturated rings. The number of aromatic amines is 1. The number of hydrogen-bond acceptors (Lipinski definition) is 5. The highest BCUT2D eigenvalue weighted by Gasteiger charge is 2.29. The molecule has 1 aromatic rings. The van der Waals surface area contributed by atoms with E-state index >= 15 is 0 Å². The minimum absolute atomic E-state index is 0.662. The number of nitrogens with one attached hydrogen (secondary N) is 1. The second-order valence-corrected chi connectivity index (χ2v) is 10.8. The molecule has 1 atom stereocenters. The highest BCUT2D eigenvalue weighted by molar-refractivity contribution is 6.24. The fourth-order valence-electron chi connectivity index (χ4n) is 6.71. The number of hydrogen-bond donors (Lipinski definition) is 3. The van der Waals surface area contributed by atoms with Gasteiger partial charge >= 0.3 is 0 Å². The second kappa shape index (κ2) is 11.6. The van der Waals surface area contributed by atoms with Crippen molar-refractivity contribution in [2.24, 2.45) is 15.0 Å². The van der Waals surface area contributed by atoms with E-state index in [1.807, 2.05) is 13.0 Å². The number of H-pyrrole nitrogens is 1. The van der Waals surface area contributed by atoms with E-state index in [1.165, 1.54) is 28.6 Å². The van der Waals surface area contributed by atoms with Gasteiger partial charge in [0.1, 0.15) is 0 Å². The molecule has 0 saturated carbocycles. The normalized spacial score (nSPS) is 19.8. The predicted octanol–water partition coefficient (Wildman–Crippen LogP) is 6.46. The van der Waals surface area contributed by atoms with Crippen LogP contribution in [-0.2, 0) is 6.42 Å². The molecule has 5 heterocycles. The first-order valence-corrected chi connectivity index (χ1v) is 15.2. The highest BCUT2D eigenvalue weighted by Crippen LogP contribution is 2.37. The van der Waals surface area contributed by atoms with Gasteiger partial charge in [-0.1, -0.05) is 41.5 Å². The van der Waals surface area contributed by atoms with E-state index in [0.717, 1.165) is 106 Å². The Labute approximate surface area is 243 Å². The summed E-state index contributed by atoms with van der Waals surface area (Å²) in [6.45, 7) is 14.7. The van der Waals surface area contributed by atoms with Crippen LogP contribution in [-0.4, -0.2) is 38.4 Å². The van der Waals surface area contributed by atoms with Crippen LogP contribution in [0.15, 0.2) is 77.7 Å². The van der Waals surface area contributed by atoms with Crippen LogP contribution >= 0.6 is 0 Å². The Hall–Kier alpha value is -3.77. The van der Waals surface area contributed by atoms with Gasteiger partial charge in [-0.3, -0.25) is 0 Å². The average molecular weight is 551 g/mol. The van der Waals surface area contributed by atoms with E-state index in [9.17, 15) is 10.2 Å². The molecule has 0 saturated heterocycles. The molecule has 3 N–H and O–H groups in total. The van der Waals surface area contributed by atoms with Gasteiger partial charge in [0.25, 0.3) is 0 Å². The van der Waals surface area contributed by atoms with Crippen LogP contribution < -0.4 is 10.6 Å². The third-order valence-electron chi connectivity index (χ3n) is 8.59. The molecule has 1 unspecified atom stereocenters. The summed E-state index contributed by atoms with van der Waals surface area (Å²) in [5.41, 5.74) is 14.1. The zero-order valence-corrected chi connectivity index (χ0v) is 25.4. The molecule has 41 heavy (non-hydrogen) atoms. The first-order valence-electron chi connectivity index (χ1n) is 15.2. The Balaban J connectivity index is 1.91. The summed E-state index contributed by atoms with van der Waals surface area (Å²) < 4.78 is 0. The van der Waals surface area contributed by atoms with Crippen molar-refractivity contribution in [1.29, 1.82) is 0 Å². The smallest absolute Gasteiger partial charge is 0.0888 e. The predicted molar refractivity (Wildman–Crippen MR) is 172 cm³/mol. The van der Waals surface area contributed by atoms with Crippen LogP contribution in [0.4, 0.5) is 0 Å². The number of aliphatic hydroxyl groups excluding tert-OH is 2. The lowest BCUT2D eigenvalue weighted by Crippen LogP contribution is -2.26. The quantitative estimate of drug-likeness (QED) is 0.363. The van der Waals surface area contributed by atoms with Crippen LogP contribution in [0, 0.1) is 0 Å². The summed E-state index contributed by atoms with van der Waals surface area (Å²) in [6.07, 6.45) is 13.8. The summed E-state index contributed by atoms with van der Waals surface area (Å²) in [4.78, 5) is 19.0. The standard InChI is InChI=1S/C35H42N4O2/c1-8-20-21(9-2)28-15-32-25(13-6)35(19(7)41)34(39-32)17-31-23(11-4)22(10-3)29(37-31)16-33-26(18-40)24(12-5)30(38-33)14-27(20)36-28/h14-19,38,40-41H,8-13H2,1-7H3/b26-18-,27-14?,31-17?,32-15?,33-16?. The van der Waals surface area contributed by atoms with E-state index in [-0.39, 0.29) is 0 Å². The third kappa shape index (κ3) is 4.78. The van der Waals surface area contributed by atoms with Crippen molar-refractivity contribution in [2.75, 3.05) is 0 Å². The summed E-state index contributed by atoms with van der Waals surface area (Å²) >= 11 is 0. The number of allylic oxidation sites excluding steroid dienone is 7. The molecule has 4 aliphatic heterocycles. The van der Waals surface area contributed by atoms with Crippen molar-refractivity contribution in [3.63, 3.8) is 0 Å². The largest absolute Gasteiger partial charge is 0.515 e. The summed E-state index contributed by atoms with van der Waals surface area (Å²) in [6, 6.07) is 0. The molecule has 214 valence electrons. The molecule has 5 rings (SSSR count). The van der Waals surface area contributed by atoms with Crippen LogP contribution in [0.3, 0.4) is 0 Å². The average Bonchev–Trinajstić information content (AvgIpc) is 3.68. The van der Waals surface area contributed by atoms with Gasteiger partial charge in [0.05, 0.1) is 51.9 Å². The van der Waals surface area contributed by atoms with E-state index in [1.54, 1.807) is 0 Å². The number of aromatic nitrogens is 1. The van der Waals surface area contributed by atoms with Crippen molar-refractivity contribution in [2.45, 2.75) is 93.1 Å². The molecule has 4 aliphatic rings.